The molecule has 1 atom stereocenters. The second kappa shape index (κ2) is 9.14. The maximum atomic E-state index is 13.1. The van der Waals surface area contributed by atoms with E-state index in [1.165, 1.54) is 40.1 Å². The second-order valence-electron chi connectivity index (χ2n) is 8.99. The first-order chi connectivity index (χ1) is 16.5. The van der Waals surface area contributed by atoms with Crippen molar-refractivity contribution in [2.45, 2.75) is 32.7 Å². The number of hydrogen-bond donors (Lipinski definition) is 2. The van der Waals surface area contributed by atoms with Gasteiger partial charge in [-0.15, -0.1) is 0 Å². The number of H-pyrrole nitrogens is 1. The Morgan fingerprint density at radius 1 is 1.06 bits per heavy atom. The van der Waals surface area contributed by atoms with Crippen LogP contribution in [0, 0.1) is 19.7 Å². The molecule has 3 aromatic carbocycles. The summed E-state index contributed by atoms with van der Waals surface area (Å²) in [7, 11) is 0. The predicted molar refractivity (Wildman–Crippen MR) is 133 cm³/mol. The van der Waals surface area contributed by atoms with E-state index in [0.29, 0.717) is 0 Å². The number of rotatable bonds is 6. The van der Waals surface area contributed by atoms with Gasteiger partial charge in [-0.1, -0.05) is 41.5 Å². The van der Waals surface area contributed by atoms with Gasteiger partial charge >= 0.3 is 0 Å². The summed E-state index contributed by atoms with van der Waals surface area (Å²) in [5.74, 6) is -0.421. The van der Waals surface area contributed by atoms with Crippen molar-refractivity contribution < 1.29 is 9.18 Å². The van der Waals surface area contributed by atoms with Gasteiger partial charge in [0.25, 0.3) is 0 Å². The quantitative estimate of drug-likeness (QED) is 0.405. The number of amides is 1. The first-order valence-electron chi connectivity index (χ1n) is 11.5. The molecule has 172 valence electrons. The molecule has 5 nitrogen and oxygen atoms in total. The summed E-state index contributed by atoms with van der Waals surface area (Å²) in [6.07, 6.45) is 4.96. The van der Waals surface area contributed by atoms with Crippen LogP contribution in [-0.2, 0) is 17.6 Å². The van der Waals surface area contributed by atoms with Crippen molar-refractivity contribution in [3.05, 3.63) is 112 Å². The zero-order valence-corrected chi connectivity index (χ0v) is 19.3. The SMILES string of the molecule is Cc1cc(C)cc(C(c2cn[nH]c2)N2CCc3cc(NC(=O)Cc4ccc(F)cc4)ccc32)c1. The van der Waals surface area contributed by atoms with Crippen LogP contribution in [0.1, 0.15) is 39.4 Å². The van der Waals surface area contributed by atoms with Gasteiger partial charge in [0.15, 0.2) is 0 Å². The Morgan fingerprint density at radius 2 is 1.82 bits per heavy atom. The highest BCUT2D eigenvalue weighted by Crippen LogP contribution is 2.40. The summed E-state index contributed by atoms with van der Waals surface area (Å²) >= 11 is 0. The molecule has 0 fully saturated rings. The van der Waals surface area contributed by atoms with Crippen molar-refractivity contribution in [3.63, 3.8) is 0 Å². The number of carbonyl (C=O) groups is 1. The third-order valence-electron chi connectivity index (χ3n) is 6.28. The van der Waals surface area contributed by atoms with Crippen LogP contribution in [0.25, 0.3) is 0 Å². The van der Waals surface area contributed by atoms with E-state index in [9.17, 15) is 9.18 Å². The maximum absolute atomic E-state index is 13.1. The molecule has 0 saturated heterocycles. The van der Waals surface area contributed by atoms with Crippen LogP contribution in [0.3, 0.4) is 0 Å². The van der Waals surface area contributed by atoms with E-state index in [1.54, 1.807) is 12.1 Å². The highest BCUT2D eigenvalue weighted by atomic mass is 19.1. The Hall–Kier alpha value is -3.93. The fourth-order valence-corrected chi connectivity index (χ4v) is 4.90. The third-order valence-corrected chi connectivity index (χ3v) is 6.28. The zero-order valence-electron chi connectivity index (χ0n) is 19.3. The molecule has 0 radical (unpaired) electrons. The minimum Gasteiger partial charge on any atom is -0.360 e. The fourth-order valence-electron chi connectivity index (χ4n) is 4.90. The lowest BCUT2D eigenvalue weighted by atomic mass is 9.96. The highest BCUT2D eigenvalue weighted by molar-refractivity contribution is 5.92. The molecular formula is C28H27FN4O. The van der Waals surface area contributed by atoms with Crippen LogP contribution in [0.5, 0.6) is 0 Å². The lowest BCUT2D eigenvalue weighted by molar-refractivity contribution is -0.115. The molecule has 2 heterocycles. The normalized spacial score (nSPS) is 13.6. The number of hydrogen-bond acceptors (Lipinski definition) is 3. The predicted octanol–water partition coefficient (Wildman–Crippen LogP) is 5.50. The minimum absolute atomic E-state index is 0.0533. The number of anilines is 2. The molecule has 5 rings (SSSR count). The number of fused-ring (bicyclic) bond motifs is 1. The average Bonchev–Trinajstić information content (AvgIpc) is 3.46. The Balaban J connectivity index is 1.39. The molecule has 0 bridgehead atoms. The van der Waals surface area contributed by atoms with E-state index in [0.717, 1.165) is 29.8 Å². The van der Waals surface area contributed by atoms with Gasteiger partial charge in [-0.25, -0.2) is 4.39 Å². The molecule has 2 N–H and O–H groups in total. The minimum atomic E-state index is -0.304. The molecule has 1 unspecified atom stereocenters. The molecule has 0 spiro atoms. The molecule has 6 heteroatoms. The maximum Gasteiger partial charge on any atom is 0.228 e. The first-order valence-corrected chi connectivity index (χ1v) is 11.5. The summed E-state index contributed by atoms with van der Waals surface area (Å²) in [6, 6.07) is 18.9. The van der Waals surface area contributed by atoms with Crippen LogP contribution < -0.4 is 10.2 Å². The van der Waals surface area contributed by atoms with Crippen LogP contribution in [0.4, 0.5) is 15.8 Å². The molecular weight excluding hydrogens is 427 g/mol. The molecule has 1 aromatic heterocycles. The standard InChI is InChI=1S/C28H27FN4O/c1-18-11-19(2)13-22(12-18)28(23-16-30-31-17-23)33-10-9-21-15-25(7-8-26(21)33)32-27(34)14-20-3-5-24(29)6-4-20/h3-8,11-13,15-17,28H,9-10,14H2,1-2H3,(H,30,31)(H,32,34). The smallest absolute Gasteiger partial charge is 0.228 e. The summed E-state index contributed by atoms with van der Waals surface area (Å²) in [4.78, 5) is 14.9. The monoisotopic (exact) mass is 454 g/mol. The van der Waals surface area contributed by atoms with E-state index < -0.39 is 0 Å². The lowest BCUT2D eigenvalue weighted by Crippen LogP contribution is -2.27. The largest absolute Gasteiger partial charge is 0.360 e. The topological polar surface area (TPSA) is 61.0 Å². The lowest BCUT2D eigenvalue weighted by Gasteiger charge is -2.31. The number of aryl methyl sites for hydroxylation is 2. The van der Waals surface area contributed by atoms with E-state index in [1.807, 2.05) is 18.5 Å². The van der Waals surface area contributed by atoms with Gasteiger partial charge in [0.1, 0.15) is 5.82 Å². The number of halogens is 1. The van der Waals surface area contributed by atoms with Crippen molar-refractivity contribution >= 4 is 17.3 Å². The van der Waals surface area contributed by atoms with E-state index in [2.05, 4.69) is 64.6 Å². The third kappa shape index (κ3) is 4.57. The molecule has 1 aliphatic rings. The van der Waals surface area contributed by atoms with Gasteiger partial charge in [-0.2, -0.15) is 5.10 Å². The van der Waals surface area contributed by atoms with Crippen molar-refractivity contribution in [2.24, 2.45) is 0 Å². The summed E-state index contributed by atoms with van der Waals surface area (Å²) in [6.45, 7) is 5.13. The molecule has 1 aliphatic heterocycles. The van der Waals surface area contributed by atoms with E-state index >= 15 is 0 Å². The van der Waals surface area contributed by atoms with Crippen LogP contribution >= 0.6 is 0 Å². The Morgan fingerprint density at radius 3 is 2.53 bits per heavy atom. The van der Waals surface area contributed by atoms with Gasteiger partial charge in [-0.05, 0) is 67.3 Å². The van der Waals surface area contributed by atoms with Gasteiger partial charge in [-0.3, -0.25) is 9.89 Å². The Labute approximate surface area is 198 Å². The van der Waals surface area contributed by atoms with Crippen molar-refractivity contribution in [1.29, 1.82) is 0 Å². The van der Waals surface area contributed by atoms with Gasteiger partial charge in [0.2, 0.25) is 5.91 Å². The highest BCUT2D eigenvalue weighted by Gasteiger charge is 2.29. The number of aromatic nitrogens is 2. The number of carbonyl (C=O) groups excluding carboxylic acids is 1. The molecule has 1 amide bonds. The average molecular weight is 455 g/mol. The van der Waals surface area contributed by atoms with Gasteiger partial charge in [0, 0.05) is 29.7 Å². The van der Waals surface area contributed by atoms with Crippen molar-refractivity contribution in [2.75, 3.05) is 16.8 Å². The van der Waals surface area contributed by atoms with E-state index in [-0.39, 0.29) is 24.2 Å². The second-order valence-corrected chi connectivity index (χ2v) is 8.99. The molecule has 0 aliphatic carbocycles. The number of nitrogens with zero attached hydrogens (tertiary/aromatic N) is 2. The molecule has 4 aromatic rings. The summed E-state index contributed by atoms with van der Waals surface area (Å²) in [5.41, 5.74) is 8.77. The van der Waals surface area contributed by atoms with Crippen LogP contribution in [0.2, 0.25) is 0 Å². The summed E-state index contributed by atoms with van der Waals surface area (Å²) < 4.78 is 13.1. The van der Waals surface area contributed by atoms with Crippen LogP contribution in [-0.4, -0.2) is 22.6 Å². The number of benzene rings is 3. The number of nitrogens with one attached hydrogen (secondary N) is 2. The molecule has 34 heavy (non-hydrogen) atoms. The fraction of sp³-hybridized carbons (Fsp3) is 0.214. The zero-order chi connectivity index (χ0) is 23.7. The number of aromatic amines is 1. The first kappa shape index (κ1) is 21.9. The van der Waals surface area contributed by atoms with Crippen molar-refractivity contribution in [1.82, 2.24) is 10.2 Å². The van der Waals surface area contributed by atoms with Gasteiger partial charge in [0.05, 0.1) is 18.7 Å². The van der Waals surface area contributed by atoms with Gasteiger partial charge < -0.3 is 10.2 Å². The van der Waals surface area contributed by atoms with Crippen molar-refractivity contribution in [3.8, 4) is 0 Å². The summed E-state index contributed by atoms with van der Waals surface area (Å²) in [5, 5.41) is 10.2. The van der Waals surface area contributed by atoms with Crippen LogP contribution in [0.15, 0.2) is 73.1 Å². The Bertz CT molecular complexity index is 1290. The molecule has 0 saturated carbocycles. The Kier molecular flexibility index (Phi) is 5.88. The van der Waals surface area contributed by atoms with E-state index in [4.69, 9.17) is 0 Å².